The second kappa shape index (κ2) is 6.50. The number of likely N-dealkylation sites (N-methyl/N-ethyl adjacent to an activating group) is 1. The minimum absolute atomic E-state index is 0.207. The van der Waals surface area contributed by atoms with E-state index in [1.807, 2.05) is 7.05 Å². The number of carbonyl (C=O) groups excluding carboxylic acids is 1. The lowest BCUT2D eigenvalue weighted by Gasteiger charge is -2.65. The highest BCUT2D eigenvalue weighted by Crippen LogP contribution is 2.66. The Balaban J connectivity index is 1.74. The van der Waals surface area contributed by atoms with Gasteiger partial charge in [-0.05, 0) is 73.0 Å². The Morgan fingerprint density at radius 2 is 1.92 bits per heavy atom. The first-order valence-electron chi connectivity index (χ1n) is 11.2. The molecule has 1 saturated heterocycles. The Bertz CT molecular complexity index is 562. The molecule has 0 aromatic heterocycles. The molecule has 1 aliphatic heterocycles. The molecular weight excluding hydrogens is 322 g/mol. The van der Waals surface area contributed by atoms with Crippen molar-refractivity contribution < 1.29 is 9.53 Å². The van der Waals surface area contributed by atoms with Crippen LogP contribution in [0.3, 0.4) is 0 Å². The first-order valence-corrected chi connectivity index (χ1v) is 11.2. The van der Waals surface area contributed by atoms with E-state index in [9.17, 15) is 4.79 Å². The maximum Gasteiger partial charge on any atom is 0.222 e. The standard InChI is InChI=1S/C23H39NO2/c1-6-14-26-20-15(2)19-16-8-7-11-22(16,3)12-9-17(19)23(4)13-10-18(25)24(5)21(20)23/h15-17,19-21H,6-14H2,1-5H3/t15?,16-,17+,19-,20?,21?,22-,23+/m0/s1. The van der Waals surface area contributed by atoms with Gasteiger partial charge in [0.15, 0.2) is 0 Å². The highest BCUT2D eigenvalue weighted by Gasteiger charge is 2.64. The van der Waals surface area contributed by atoms with Gasteiger partial charge in [0.05, 0.1) is 12.1 Å². The summed E-state index contributed by atoms with van der Waals surface area (Å²) in [5.41, 5.74) is 0.784. The largest absolute Gasteiger partial charge is 0.376 e. The molecule has 26 heavy (non-hydrogen) atoms. The van der Waals surface area contributed by atoms with E-state index in [1.54, 1.807) is 0 Å². The molecule has 1 heterocycles. The second-order valence-corrected chi connectivity index (χ2v) is 10.5. The summed E-state index contributed by atoms with van der Waals surface area (Å²) in [5, 5.41) is 0. The zero-order valence-corrected chi connectivity index (χ0v) is 17.6. The molecule has 4 aliphatic rings. The van der Waals surface area contributed by atoms with Crippen molar-refractivity contribution in [2.24, 2.45) is 34.5 Å². The molecule has 0 N–H and O–H groups in total. The third kappa shape index (κ3) is 2.52. The predicted molar refractivity (Wildman–Crippen MR) is 105 cm³/mol. The molecule has 1 amide bonds. The van der Waals surface area contributed by atoms with Crippen LogP contribution in [0.4, 0.5) is 0 Å². The van der Waals surface area contributed by atoms with Crippen LogP contribution in [-0.2, 0) is 9.53 Å². The molecule has 0 spiro atoms. The van der Waals surface area contributed by atoms with Crippen molar-refractivity contribution in [1.29, 1.82) is 0 Å². The lowest BCUT2D eigenvalue weighted by atomic mass is 9.44. The number of ether oxygens (including phenoxy) is 1. The summed E-state index contributed by atoms with van der Waals surface area (Å²) in [6.45, 7) is 10.5. The van der Waals surface area contributed by atoms with Gasteiger partial charge in [-0.3, -0.25) is 4.79 Å². The van der Waals surface area contributed by atoms with Crippen LogP contribution >= 0.6 is 0 Å². The molecule has 0 radical (unpaired) electrons. The molecule has 4 fully saturated rings. The highest BCUT2D eigenvalue weighted by molar-refractivity contribution is 5.77. The van der Waals surface area contributed by atoms with Crippen LogP contribution in [0.5, 0.6) is 0 Å². The molecule has 3 unspecified atom stereocenters. The maximum atomic E-state index is 12.6. The average molecular weight is 362 g/mol. The number of carbonyl (C=O) groups is 1. The van der Waals surface area contributed by atoms with Crippen molar-refractivity contribution in [3.8, 4) is 0 Å². The zero-order chi connectivity index (χ0) is 18.7. The number of hydrogen-bond acceptors (Lipinski definition) is 2. The van der Waals surface area contributed by atoms with E-state index in [1.165, 1.54) is 32.1 Å². The van der Waals surface area contributed by atoms with Crippen LogP contribution in [-0.4, -0.2) is 36.6 Å². The van der Waals surface area contributed by atoms with Gasteiger partial charge in [0, 0.05) is 20.1 Å². The van der Waals surface area contributed by atoms with Crippen molar-refractivity contribution >= 4 is 5.91 Å². The summed E-state index contributed by atoms with van der Waals surface area (Å²) < 4.78 is 6.53. The monoisotopic (exact) mass is 361 g/mol. The van der Waals surface area contributed by atoms with Gasteiger partial charge in [-0.1, -0.05) is 34.1 Å². The third-order valence-corrected chi connectivity index (χ3v) is 9.28. The minimum atomic E-state index is 0.207. The SMILES string of the molecule is CCCOC1C(C)[C@@H]2[C@@H](CC[C@]3(C)CCC[C@@H]23)[C@@]2(C)CCC(=O)N(C)C12. The van der Waals surface area contributed by atoms with E-state index >= 15 is 0 Å². The number of likely N-dealkylation sites (tertiary alicyclic amines) is 1. The summed E-state index contributed by atoms with van der Waals surface area (Å²) in [5.74, 6) is 3.28. The second-order valence-electron chi connectivity index (χ2n) is 10.5. The van der Waals surface area contributed by atoms with Crippen molar-refractivity contribution in [3.63, 3.8) is 0 Å². The molecule has 3 heteroatoms. The normalized spacial score (nSPS) is 51.0. The van der Waals surface area contributed by atoms with Crippen molar-refractivity contribution in [2.45, 2.75) is 91.2 Å². The molecule has 0 aromatic rings. The molecule has 3 aliphatic carbocycles. The van der Waals surface area contributed by atoms with Gasteiger partial charge >= 0.3 is 0 Å². The molecule has 3 nitrogen and oxygen atoms in total. The number of rotatable bonds is 3. The summed E-state index contributed by atoms with van der Waals surface area (Å²) in [7, 11) is 2.04. The fraction of sp³-hybridized carbons (Fsp3) is 0.957. The van der Waals surface area contributed by atoms with E-state index in [0.29, 0.717) is 17.2 Å². The smallest absolute Gasteiger partial charge is 0.222 e. The van der Waals surface area contributed by atoms with E-state index in [-0.39, 0.29) is 17.6 Å². The van der Waals surface area contributed by atoms with Crippen LogP contribution in [0.1, 0.15) is 79.1 Å². The van der Waals surface area contributed by atoms with Crippen molar-refractivity contribution in [3.05, 3.63) is 0 Å². The number of nitrogens with zero attached hydrogens (tertiary/aromatic N) is 1. The Morgan fingerprint density at radius 3 is 2.65 bits per heavy atom. The first kappa shape index (κ1) is 18.8. The van der Waals surface area contributed by atoms with Crippen LogP contribution < -0.4 is 0 Å². The number of fused-ring (bicyclic) bond motifs is 5. The zero-order valence-electron chi connectivity index (χ0n) is 17.6. The van der Waals surface area contributed by atoms with E-state index in [2.05, 4.69) is 32.6 Å². The predicted octanol–water partition coefficient (Wildman–Crippen LogP) is 4.89. The number of hydrogen-bond donors (Lipinski definition) is 0. The average Bonchev–Trinajstić information content (AvgIpc) is 3.01. The molecule has 0 bridgehead atoms. The maximum absolute atomic E-state index is 12.6. The van der Waals surface area contributed by atoms with Gasteiger partial charge in [0.25, 0.3) is 0 Å². The van der Waals surface area contributed by atoms with Crippen LogP contribution in [0, 0.1) is 34.5 Å². The number of piperidine rings is 1. The molecule has 0 aromatic carbocycles. The molecule has 148 valence electrons. The fourth-order valence-corrected chi connectivity index (χ4v) is 7.99. The Labute approximate surface area is 160 Å². The molecule has 8 atom stereocenters. The Kier molecular flexibility index (Phi) is 4.69. The van der Waals surface area contributed by atoms with Gasteiger partial charge in [0.1, 0.15) is 0 Å². The van der Waals surface area contributed by atoms with Crippen molar-refractivity contribution in [2.75, 3.05) is 13.7 Å². The highest BCUT2D eigenvalue weighted by atomic mass is 16.5. The quantitative estimate of drug-likeness (QED) is 0.716. The van der Waals surface area contributed by atoms with Crippen LogP contribution in [0.25, 0.3) is 0 Å². The van der Waals surface area contributed by atoms with Gasteiger partial charge in [-0.2, -0.15) is 0 Å². The Morgan fingerprint density at radius 1 is 1.15 bits per heavy atom. The summed E-state index contributed by atoms with van der Waals surface area (Å²) in [6.07, 6.45) is 10.1. The minimum Gasteiger partial charge on any atom is -0.376 e. The van der Waals surface area contributed by atoms with E-state index in [4.69, 9.17) is 4.74 Å². The van der Waals surface area contributed by atoms with Gasteiger partial charge in [-0.25, -0.2) is 0 Å². The van der Waals surface area contributed by atoms with Crippen LogP contribution in [0.2, 0.25) is 0 Å². The molecule has 3 saturated carbocycles. The molecule has 4 rings (SSSR count). The summed E-state index contributed by atoms with van der Waals surface area (Å²) in [4.78, 5) is 14.7. The van der Waals surface area contributed by atoms with Gasteiger partial charge in [0.2, 0.25) is 5.91 Å². The molecular formula is C23H39NO2. The number of amides is 1. The third-order valence-electron chi connectivity index (χ3n) is 9.28. The van der Waals surface area contributed by atoms with E-state index < -0.39 is 0 Å². The topological polar surface area (TPSA) is 29.5 Å². The first-order chi connectivity index (χ1) is 12.3. The van der Waals surface area contributed by atoms with E-state index in [0.717, 1.165) is 43.6 Å². The van der Waals surface area contributed by atoms with Gasteiger partial charge in [-0.15, -0.1) is 0 Å². The lowest BCUT2D eigenvalue weighted by Crippen LogP contribution is -2.69. The lowest BCUT2D eigenvalue weighted by molar-refractivity contribution is -0.207. The Hall–Kier alpha value is -0.570. The van der Waals surface area contributed by atoms with Crippen molar-refractivity contribution in [1.82, 2.24) is 4.90 Å². The summed E-state index contributed by atoms with van der Waals surface area (Å²) in [6, 6.07) is 0.261. The van der Waals surface area contributed by atoms with Gasteiger partial charge < -0.3 is 9.64 Å². The fourth-order valence-electron chi connectivity index (χ4n) is 7.99. The van der Waals surface area contributed by atoms with Crippen LogP contribution in [0.15, 0.2) is 0 Å². The summed E-state index contributed by atoms with van der Waals surface area (Å²) >= 11 is 0.